The Bertz CT molecular complexity index is 728. The van der Waals surface area contributed by atoms with Gasteiger partial charge < -0.3 is 9.32 Å². The monoisotopic (exact) mass is 397 g/mol. The van der Waals surface area contributed by atoms with E-state index in [4.69, 9.17) is 4.42 Å². The van der Waals surface area contributed by atoms with Gasteiger partial charge in [0.05, 0.1) is 6.54 Å². The molecule has 0 atom stereocenters. The lowest BCUT2D eigenvalue weighted by Gasteiger charge is -2.33. The Morgan fingerprint density at radius 3 is 2.33 bits per heavy atom. The molecule has 0 radical (unpaired) electrons. The first-order valence-corrected chi connectivity index (χ1v) is 11.5. The number of carbonyl (C=O) groups is 1. The maximum atomic E-state index is 12.6. The van der Waals surface area contributed by atoms with Gasteiger partial charge in [-0.05, 0) is 64.8 Å². The van der Waals surface area contributed by atoms with Gasteiger partial charge in [-0.1, -0.05) is 0 Å². The Kier molecular flexibility index (Phi) is 6.60. The highest BCUT2D eigenvalue weighted by Crippen LogP contribution is 2.25. The summed E-state index contributed by atoms with van der Waals surface area (Å²) in [5, 5.41) is 0.0472. The van der Waals surface area contributed by atoms with E-state index >= 15 is 0 Å². The summed E-state index contributed by atoms with van der Waals surface area (Å²) in [7, 11) is -3.50. The molecule has 7 nitrogen and oxygen atoms in total. The van der Waals surface area contributed by atoms with Crippen molar-refractivity contribution in [2.45, 2.75) is 51.2 Å². The number of nitrogens with zero attached hydrogens (tertiary/aromatic N) is 3. The number of hydrogen-bond acceptors (Lipinski definition) is 5. The second-order valence-corrected chi connectivity index (χ2v) is 9.26. The van der Waals surface area contributed by atoms with Crippen LogP contribution in [0.5, 0.6) is 0 Å². The third kappa shape index (κ3) is 4.55. The third-order valence-corrected chi connectivity index (χ3v) is 7.46. The van der Waals surface area contributed by atoms with Crippen LogP contribution in [0.3, 0.4) is 0 Å². The second kappa shape index (κ2) is 8.75. The van der Waals surface area contributed by atoms with Crippen molar-refractivity contribution in [1.29, 1.82) is 0 Å². The molecular formula is C19H31N3O4S. The number of furan rings is 1. The molecule has 8 heteroatoms. The van der Waals surface area contributed by atoms with Crippen molar-refractivity contribution in [2.24, 2.45) is 5.92 Å². The molecule has 3 heterocycles. The van der Waals surface area contributed by atoms with Crippen molar-refractivity contribution in [1.82, 2.24) is 14.1 Å². The Morgan fingerprint density at radius 2 is 1.74 bits per heavy atom. The SMILES string of the molecule is CCN(CC)C(=O)C1CCN(Cc2ccc(S(=O)(=O)N3CCCC3)o2)CC1. The average molecular weight is 398 g/mol. The minimum Gasteiger partial charge on any atom is -0.447 e. The molecule has 27 heavy (non-hydrogen) atoms. The number of likely N-dealkylation sites (tertiary alicyclic amines) is 1. The number of sulfonamides is 1. The molecule has 0 N–H and O–H groups in total. The van der Waals surface area contributed by atoms with E-state index in [9.17, 15) is 13.2 Å². The minimum absolute atomic E-state index is 0.0472. The van der Waals surface area contributed by atoms with Gasteiger partial charge in [0, 0.05) is 32.1 Å². The lowest BCUT2D eigenvalue weighted by Crippen LogP contribution is -2.42. The molecule has 0 aliphatic carbocycles. The van der Waals surface area contributed by atoms with E-state index in [0.29, 0.717) is 25.4 Å². The van der Waals surface area contributed by atoms with Crippen molar-refractivity contribution in [3.05, 3.63) is 17.9 Å². The van der Waals surface area contributed by atoms with Gasteiger partial charge in [0.25, 0.3) is 10.0 Å². The molecule has 3 rings (SSSR count). The van der Waals surface area contributed by atoms with Crippen LogP contribution in [-0.2, 0) is 21.4 Å². The maximum absolute atomic E-state index is 12.6. The number of carbonyl (C=O) groups excluding carboxylic acids is 1. The zero-order valence-electron chi connectivity index (χ0n) is 16.4. The Labute approximate surface area is 162 Å². The normalized spacial score (nSPS) is 20.2. The van der Waals surface area contributed by atoms with E-state index in [2.05, 4.69) is 4.90 Å². The number of piperidine rings is 1. The summed E-state index contributed by atoms with van der Waals surface area (Å²) in [6.45, 7) is 8.94. The van der Waals surface area contributed by atoms with Crippen LogP contribution in [0.4, 0.5) is 0 Å². The smallest absolute Gasteiger partial charge is 0.276 e. The van der Waals surface area contributed by atoms with E-state index in [1.807, 2.05) is 18.7 Å². The van der Waals surface area contributed by atoms with Crippen LogP contribution in [0.15, 0.2) is 21.6 Å². The van der Waals surface area contributed by atoms with Gasteiger partial charge in [-0.25, -0.2) is 8.42 Å². The van der Waals surface area contributed by atoms with E-state index in [-0.39, 0.29) is 16.9 Å². The fourth-order valence-electron chi connectivity index (χ4n) is 3.99. The van der Waals surface area contributed by atoms with Crippen molar-refractivity contribution in [2.75, 3.05) is 39.3 Å². The highest BCUT2D eigenvalue weighted by molar-refractivity contribution is 7.89. The van der Waals surface area contributed by atoms with Gasteiger partial charge in [-0.3, -0.25) is 9.69 Å². The fourth-order valence-corrected chi connectivity index (χ4v) is 5.44. The van der Waals surface area contributed by atoms with Crippen LogP contribution in [0.2, 0.25) is 0 Å². The number of amides is 1. The molecule has 2 fully saturated rings. The van der Waals surface area contributed by atoms with Crippen molar-refractivity contribution in [3.63, 3.8) is 0 Å². The Hall–Kier alpha value is -1.38. The lowest BCUT2D eigenvalue weighted by molar-refractivity contribution is -0.136. The van der Waals surface area contributed by atoms with Crippen LogP contribution in [0, 0.1) is 5.92 Å². The second-order valence-electron chi connectivity index (χ2n) is 7.39. The van der Waals surface area contributed by atoms with E-state index in [1.54, 1.807) is 12.1 Å². The summed E-state index contributed by atoms with van der Waals surface area (Å²) < 4.78 is 32.3. The van der Waals surface area contributed by atoms with Crippen LogP contribution in [-0.4, -0.2) is 67.7 Å². The highest BCUT2D eigenvalue weighted by atomic mass is 32.2. The van der Waals surface area contributed by atoms with E-state index < -0.39 is 10.0 Å². The predicted molar refractivity (Wildman–Crippen MR) is 103 cm³/mol. The summed E-state index contributed by atoms with van der Waals surface area (Å²) in [6.07, 6.45) is 3.51. The van der Waals surface area contributed by atoms with Gasteiger partial charge in [0.1, 0.15) is 5.76 Å². The molecular weight excluding hydrogens is 366 g/mol. The molecule has 2 aliphatic heterocycles. The minimum atomic E-state index is -3.50. The van der Waals surface area contributed by atoms with Crippen molar-refractivity contribution < 1.29 is 17.6 Å². The Balaban J connectivity index is 1.54. The zero-order valence-corrected chi connectivity index (χ0v) is 17.2. The first-order chi connectivity index (χ1) is 13.0. The fraction of sp³-hybridized carbons (Fsp3) is 0.737. The lowest BCUT2D eigenvalue weighted by atomic mass is 9.95. The van der Waals surface area contributed by atoms with Gasteiger partial charge in [0.15, 0.2) is 0 Å². The van der Waals surface area contributed by atoms with E-state index in [0.717, 1.165) is 51.9 Å². The molecule has 1 aromatic rings. The van der Waals surface area contributed by atoms with Crippen LogP contribution in [0.1, 0.15) is 45.3 Å². The average Bonchev–Trinajstić information content (AvgIpc) is 3.36. The van der Waals surface area contributed by atoms with Crippen molar-refractivity contribution in [3.8, 4) is 0 Å². The van der Waals surface area contributed by atoms with Crippen LogP contribution in [0.25, 0.3) is 0 Å². The highest BCUT2D eigenvalue weighted by Gasteiger charge is 2.31. The summed E-state index contributed by atoms with van der Waals surface area (Å²) in [4.78, 5) is 16.6. The van der Waals surface area contributed by atoms with Gasteiger partial charge in [-0.15, -0.1) is 0 Å². The van der Waals surface area contributed by atoms with Gasteiger partial charge >= 0.3 is 0 Å². The molecule has 0 bridgehead atoms. The van der Waals surface area contributed by atoms with Gasteiger partial charge in [0.2, 0.25) is 11.0 Å². The zero-order chi connectivity index (χ0) is 19.4. The molecule has 0 aromatic carbocycles. The van der Waals surface area contributed by atoms with Gasteiger partial charge in [-0.2, -0.15) is 4.31 Å². The molecule has 1 amide bonds. The van der Waals surface area contributed by atoms with Crippen molar-refractivity contribution >= 4 is 15.9 Å². The number of rotatable bonds is 7. The largest absolute Gasteiger partial charge is 0.447 e. The summed E-state index contributed by atoms with van der Waals surface area (Å²) >= 11 is 0. The molecule has 0 saturated carbocycles. The summed E-state index contributed by atoms with van der Waals surface area (Å²) in [6, 6.07) is 3.33. The molecule has 2 aliphatic rings. The standard InChI is InChI=1S/C19H31N3O4S/c1-3-21(4-2)19(23)16-9-13-20(14-10-16)15-17-7-8-18(26-17)27(24,25)22-11-5-6-12-22/h7-8,16H,3-6,9-15H2,1-2H3. The molecule has 1 aromatic heterocycles. The first-order valence-electron chi connectivity index (χ1n) is 10.1. The maximum Gasteiger partial charge on any atom is 0.276 e. The number of hydrogen-bond donors (Lipinski definition) is 0. The topological polar surface area (TPSA) is 74.1 Å². The predicted octanol–water partition coefficient (Wildman–Crippen LogP) is 2.14. The molecule has 152 valence electrons. The quantitative estimate of drug-likeness (QED) is 0.705. The molecule has 0 unspecified atom stereocenters. The first kappa shape index (κ1) is 20.4. The third-order valence-electron chi connectivity index (χ3n) is 5.69. The summed E-state index contributed by atoms with van der Waals surface area (Å²) in [5.41, 5.74) is 0. The van der Waals surface area contributed by atoms with E-state index in [1.165, 1.54) is 4.31 Å². The molecule has 0 spiro atoms. The van der Waals surface area contributed by atoms with Crippen LogP contribution < -0.4 is 0 Å². The molecule has 2 saturated heterocycles. The summed E-state index contributed by atoms with van der Waals surface area (Å²) in [5.74, 6) is 1.03. The Morgan fingerprint density at radius 1 is 1.11 bits per heavy atom. The van der Waals surface area contributed by atoms with Crippen LogP contribution >= 0.6 is 0 Å².